The van der Waals surface area contributed by atoms with Gasteiger partial charge in [0.2, 0.25) is 5.88 Å². The summed E-state index contributed by atoms with van der Waals surface area (Å²) in [7, 11) is 2.79. The highest BCUT2D eigenvalue weighted by Gasteiger charge is 2.31. The van der Waals surface area contributed by atoms with E-state index in [1.165, 1.54) is 26.4 Å². The zero-order valence-corrected chi connectivity index (χ0v) is 15.5. The van der Waals surface area contributed by atoms with Crippen molar-refractivity contribution in [2.24, 2.45) is 0 Å². The molecule has 0 unspecified atom stereocenters. The second kappa shape index (κ2) is 8.51. The van der Waals surface area contributed by atoms with Gasteiger partial charge in [0.25, 0.3) is 11.6 Å². The number of piperidine rings is 1. The molecule has 1 aromatic heterocycles. The average molecular weight is 388 g/mol. The fourth-order valence-corrected chi connectivity index (χ4v) is 3.06. The summed E-state index contributed by atoms with van der Waals surface area (Å²) in [6.45, 7) is 0.824. The third-order valence-corrected chi connectivity index (χ3v) is 4.49. The molecule has 0 aliphatic carbocycles. The number of nitrogens with zero attached hydrogens (tertiary/aromatic N) is 4. The fraction of sp³-hybridized carbons (Fsp3) is 0.389. The minimum Gasteiger partial charge on any atom is -0.493 e. The SMILES string of the molecule is COc1cc(C(=O)N2CCC(Oc3cccnn3)CC2)c([N+](=O)[O-])cc1OC. The Hall–Kier alpha value is -3.43. The van der Waals surface area contributed by atoms with E-state index in [9.17, 15) is 14.9 Å². The summed E-state index contributed by atoms with van der Waals surface area (Å²) in [5, 5.41) is 19.1. The lowest BCUT2D eigenvalue weighted by molar-refractivity contribution is -0.385. The van der Waals surface area contributed by atoms with E-state index < -0.39 is 10.8 Å². The number of ether oxygens (including phenoxy) is 3. The van der Waals surface area contributed by atoms with Crippen LogP contribution in [0.5, 0.6) is 17.4 Å². The van der Waals surface area contributed by atoms with Crippen LogP contribution in [0.4, 0.5) is 5.69 Å². The maximum Gasteiger partial charge on any atom is 0.286 e. The first-order chi connectivity index (χ1) is 13.5. The number of benzene rings is 1. The largest absolute Gasteiger partial charge is 0.493 e. The lowest BCUT2D eigenvalue weighted by atomic mass is 10.0. The molecule has 0 atom stereocenters. The number of rotatable bonds is 6. The van der Waals surface area contributed by atoms with Gasteiger partial charge in [-0.25, -0.2) is 0 Å². The van der Waals surface area contributed by atoms with Crippen molar-refractivity contribution in [2.45, 2.75) is 18.9 Å². The van der Waals surface area contributed by atoms with Gasteiger partial charge in [-0.2, -0.15) is 5.10 Å². The van der Waals surface area contributed by atoms with Crippen molar-refractivity contribution in [3.8, 4) is 17.4 Å². The third-order valence-electron chi connectivity index (χ3n) is 4.49. The van der Waals surface area contributed by atoms with Crippen LogP contribution < -0.4 is 14.2 Å². The number of hydrogen-bond donors (Lipinski definition) is 0. The number of methoxy groups -OCH3 is 2. The smallest absolute Gasteiger partial charge is 0.286 e. The number of aromatic nitrogens is 2. The molecule has 3 rings (SSSR count). The van der Waals surface area contributed by atoms with Crippen LogP contribution in [-0.4, -0.2) is 59.3 Å². The van der Waals surface area contributed by atoms with E-state index in [-0.39, 0.29) is 28.9 Å². The Morgan fingerprint density at radius 3 is 2.46 bits per heavy atom. The molecule has 1 aromatic carbocycles. The van der Waals surface area contributed by atoms with Gasteiger partial charge in [0.15, 0.2) is 11.5 Å². The van der Waals surface area contributed by atoms with E-state index in [2.05, 4.69) is 10.2 Å². The zero-order chi connectivity index (χ0) is 20.1. The Labute approximate surface area is 161 Å². The molecule has 1 saturated heterocycles. The number of likely N-dealkylation sites (tertiary alicyclic amines) is 1. The molecule has 0 N–H and O–H groups in total. The molecule has 10 nitrogen and oxygen atoms in total. The summed E-state index contributed by atoms with van der Waals surface area (Å²) < 4.78 is 16.0. The normalized spacial score (nSPS) is 14.4. The quantitative estimate of drug-likeness (QED) is 0.545. The first-order valence-corrected chi connectivity index (χ1v) is 8.67. The Kier molecular flexibility index (Phi) is 5.87. The minimum absolute atomic E-state index is 0.0315. The molecule has 28 heavy (non-hydrogen) atoms. The van der Waals surface area contributed by atoms with Crippen molar-refractivity contribution in [3.05, 3.63) is 46.1 Å². The Morgan fingerprint density at radius 1 is 1.21 bits per heavy atom. The highest BCUT2D eigenvalue weighted by molar-refractivity contribution is 5.99. The van der Waals surface area contributed by atoms with Crippen molar-refractivity contribution in [1.29, 1.82) is 0 Å². The maximum atomic E-state index is 12.9. The van der Waals surface area contributed by atoms with Gasteiger partial charge in [-0.15, -0.1) is 5.10 Å². The van der Waals surface area contributed by atoms with E-state index in [1.807, 2.05) is 0 Å². The van der Waals surface area contributed by atoms with Crippen LogP contribution >= 0.6 is 0 Å². The number of carbonyl (C=O) groups excluding carboxylic acids is 1. The highest BCUT2D eigenvalue weighted by atomic mass is 16.6. The predicted molar refractivity (Wildman–Crippen MR) is 97.8 cm³/mol. The molecule has 0 spiro atoms. The van der Waals surface area contributed by atoms with Crippen LogP contribution in [0.25, 0.3) is 0 Å². The van der Waals surface area contributed by atoms with Crippen LogP contribution in [-0.2, 0) is 0 Å². The van der Waals surface area contributed by atoms with Crippen molar-refractivity contribution >= 4 is 11.6 Å². The molecule has 0 radical (unpaired) electrons. The van der Waals surface area contributed by atoms with Crippen LogP contribution in [0.1, 0.15) is 23.2 Å². The number of nitro groups is 1. The summed E-state index contributed by atoms with van der Waals surface area (Å²) in [5.41, 5.74) is -0.350. The van der Waals surface area contributed by atoms with Crippen LogP contribution in [0.15, 0.2) is 30.5 Å². The predicted octanol–water partition coefficient (Wildman–Crippen LogP) is 2.09. The van der Waals surface area contributed by atoms with Crippen molar-refractivity contribution in [3.63, 3.8) is 0 Å². The van der Waals surface area contributed by atoms with Gasteiger partial charge in [0, 0.05) is 44.3 Å². The molecule has 1 aliphatic heterocycles. The lowest BCUT2D eigenvalue weighted by Crippen LogP contribution is -2.42. The average Bonchev–Trinajstić information content (AvgIpc) is 2.73. The van der Waals surface area contributed by atoms with Crippen molar-refractivity contribution in [1.82, 2.24) is 15.1 Å². The Morgan fingerprint density at radius 2 is 1.89 bits per heavy atom. The number of hydrogen-bond acceptors (Lipinski definition) is 8. The number of nitro benzene ring substituents is 1. The van der Waals surface area contributed by atoms with Gasteiger partial charge in [0.1, 0.15) is 11.7 Å². The molecular weight excluding hydrogens is 368 g/mol. The molecule has 2 aromatic rings. The summed E-state index contributed by atoms with van der Waals surface area (Å²) in [6.07, 6.45) is 2.64. The van der Waals surface area contributed by atoms with E-state index in [1.54, 1.807) is 23.2 Å². The van der Waals surface area contributed by atoms with Gasteiger partial charge < -0.3 is 19.1 Å². The zero-order valence-electron chi connectivity index (χ0n) is 15.5. The Bertz CT molecular complexity index is 853. The van der Waals surface area contributed by atoms with E-state index in [4.69, 9.17) is 14.2 Å². The first-order valence-electron chi connectivity index (χ1n) is 8.67. The highest BCUT2D eigenvalue weighted by Crippen LogP contribution is 2.35. The molecule has 10 heteroatoms. The lowest BCUT2D eigenvalue weighted by Gasteiger charge is -2.31. The maximum absolute atomic E-state index is 12.9. The molecule has 2 heterocycles. The van der Waals surface area contributed by atoms with E-state index >= 15 is 0 Å². The Balaban J connectivity index is 1.73. The van der Waals surface area contributed by atoms with Crippen LogP contribution in [0.2, 0.25) is 0 Å². The summed E-state index contributed by atoms with van der Waals surface area (Å²) in [5.74, 6) is 0.465. The van der Waals surface area contributed by atoms with Crippen LogP contribution in [0, 0.1) is 10.1 Å². The molecule has 0 saturated carbocycles. The number of amides is 1. The van der Waals surface area contributed by atoms with Crippen LogP contribution in [0.3, 0.4) is 0 Å². The van der Waals surface area contributed by atoms with Gasteiger partial charge >= 0.3 is 0 Å². The summed E-state index contributed by atoms with van der Waals surface area (Å²) in [4.78, 5) is 25.3. The molecule has 1 amide bonds. The van der Waals surface area contributed by atoms with Gasteiger partial charge in [-0.1, -0.05) is 0 Å². The summed E-state index contributed by atoms with van der Waals surface area (Å²) in [6, 6.07) is 6.01. The fourth-order valence-electron chi connectivity index (χ4n) is 3.06. The molecule has 148 valence electrons. The van der Waals surface area contributed by atoms with Crippen molar-refractivity contribution < 1.29 is 23.9 Å². The van der Waals surface area contributed by atoms with Gasteiger partial charge in [-0.05, 0) is 6.07 Å². The number of carbonyl (C=O) groups is 1. The second-order valence-corrected chi connectivity index (χ2v) is 6.15. The molecule has 0 bridgehead atoms. The van der Waals surface area contributed by atoms with Gasteiger partial charge in [0.05, 0.1) is 25.2 Å². The van der Waals surface area contributed by atoms with E-state index in [0.29, 0.717) is 31.8 Å². The van der Waals surface area contributed by atoms with E-state index in [0.717, 1.165) is 0 Å². The van der Waals surface area contributed by atoms with Gasteiger partial charge in [-0.3, -0.25) is 14.9 Å². The monoisotopic (exact) mass is 388 g/mol. The third kappa shape index (κ3) is 4.11. The topological polar surface area (TPSA) is 117 Å². The first kappa shape index (κ1) is 19.3. The minimum atomic E-state index is -0.598. The van der Waals surface area contributed by atoms with Crippen molar-refractivity contribution in [2.75, 3.05) is 27.3 Å². The summed E-state index contributed by atoms with van der Waals surface area (Å²) >= 11 is 0. The molecular formula is C18H20N4O6. The molecule has 1 aliphatic rings. The second-order valence-electron chi connectivity index (χ2n) is 6.15. The standard InChI is InChI=1S/C18H20N4O6/c1-26-15-10-13(14(22(24)25)11-16(15)27-2)18(23)21-8-5-12(6-9-21)28-17-4-3-7-19-20-17/h3-4,7,10-12H,5-6,8-9H2,1-2H3. The molecule has 1 fully saturated rings.